The molecule has 0 spiro atoms. The second-order valence-corrected chi connectivity index (χ2v) is 9.84. The maximum atomic E-state index is 12.6. The van der Waals surface area contributed by atoms with Crippen molar-refractivity contribution in [2.75, 3.05) is 33.7 Å². The van der Waals surface area contributed by atoms with Gasteiger partial charge >= 0.3 is 0 Å². The molecule has 1 aromatic heterocycles. The van der Waals surface area contributed by atoms with E-state index in [9.17, 15) is 8.42 Å². The van der Waals surface area contributed by atoms with Gasteiger partial charge < -0.3 is 10.2 Å². The van der Waals surface area contributed by atoms with Gasteiger partial charge in [-0.1, -0.05) is 44.2 Å². The number of rotatable bonds is 9. The zero-order chi connectivity index (χ0) is 20.6. The molecule has 0 fully saturated rings. The maximum Gasteiger partial charge on any atom is 0.252 e. The van der Waals surface area contributed by atoms with E-state index in [1.165, 1.54) is 15.6 Å². The third kappa shape index (κ3) is 7.54. The Labute approximate surface area is 196 Å². The molecule has 0 bridgehead atoms. The fourth-order valence-electron chi connectivity index (χ4n) is 2.72. The number of nitrogens with one attached hydrogen (secondary N) is 1. The molecule has 6 nitrogen and oxygen atoms in total. The number of halogens is 1. The summed E-state index contributed by atoms with van der Waals surface area (Å²) >= 11 is 1.35. The van der Waals surface area contributed by atoms with Crippen LogP contribution in [0, 0.1) is 0 Å². The van der Waals surface area contributed by atoms with Gasteiger partial charge in [-0.05, 0) is 24.1 Å². The second-order valence-electron chi connectivity index (χ2n) is 6.51. The van der Waals surface area contributed by atoms with E-state index in [0.717, 1.165) is 22.8 Å². The molecule has 0 saturated heterocycles. The highest BCUT2D eigenvalue weighted by Gasteiger charge is 2.23. The molecule has 0 saturated carbocycles. The topological polar surface area (TPSA) is 65.0 Å². The molecule has 29 heavy (non-hydrogen) atoms. The lowest BCUT2D eigenvalue weighted by molar-refractivity contribution is 0.447. The van der Waals surface area contributed by atoms with Crippen LogP contribution in [0.5, 0.6) is 0 Å². The van der Waals surface area contributed by atoms with Crippen molar-refractivity contribution in [3.8, 4) is 0 Å². The van der Waals surface area contributed by atoms with Gasteiger partial charge in [0.2, 0.25) is 0 Å². The van der Waals surface area contributed by atoms with Gasteiger partial charge in [0.25, 0.3) is 10.0 Å². The molecular formula is C20H31IN4O2S2. The smallest absolute Gasteiger partial charge is 0.252 e. The van der Waals surface area contributed by atoms with Crippen LogP contribution in [-0.2, 0) is 23.0 Å². The first-order valence-corrected chi connectivity index (χ1v) is 11.7. The van der Waals surface area contributed by atoms with Gasteiger partial charge in [0.05, 0.1) is 6.54 Å². The van der Waals surface area contributed by atoms with Crippen LogP contribution < -0.4 is 5.32 Å². The van der Waals surface area contributed by atoms with E-state index in [1.54, 1.807) is 6.07 Å². The Bertz CT molecular complexity index is 864. The molecule has 0 radical (unpaired) electrons. The van der Waals surface area contributed by atoms with Crippen LogP contribution in [-0.4, -0.2) is 57.3 Å². The molecule has 0 aliphatic heterocycles. The SMILES string of the molecule is CCN(CC)S(=O)(=O)c1ccc(CCNC(=NCc2ccccc2)N(C)C)s1.I. The Kier molecular flexibility index (Phi) is 11.2. The summed E-state index contributed by atoms with van der Waals surface area (Å²) < 4.78 is 27.1. The summed E-state index contributed by atoms with van der Waals surface area (Å²) in [7, 11) is 0.535. The van der Waals surface area contributed by atoms with Crippen molar-refractivity contribution in [3.63, 3.8) is 0 Å². The van der Waals surface area contributed by atoms with Gasteiger partial charge in [-0.2, -0.15) is 4.31 Å². The van der Waals surface area contributed by atoms with E-state index in [0.29, 0.717) is 30.4 Å². The highest BCUT2D eigenvalue weighted by Crippen LogP contribution is 2.25. The Balaban J connectivity index is 0.00000420. The van der Waals surface area contributed by atoms with Crippen molar-refractivity contribution < 1.29 is 8.42 Å². The lowest BCUT2D eigenvalue weighted by atomic mass is 10.2. The van der Waals surface area contributed by atoms with Gasteiger partial charge in [-0.3, -0.25) is 0 Å². The lowest BCUT2D eigenvalue weighted by Gasteiger charge is -2.17. The van der Waals surface area contributed by atoms with E-state index < -0.39 is 10.0 Å². The summed E-state index contributed by atoms with van der Waals surface area (Å²) in [6.07, 6.45) is 0.747. The number of nitrogens with zero attached hydrogens (tertiary/aromatic N) is 3. The summed E-state index contributed by atoms with van der Waals surface area (Å²) in [6.45, 7) is 5.99. The van der Waals surface area contributed by atoms with E-state index in [2.05, 4.69) is 22.4 Å². The maximum absolute atomic E-state index is 12.6. The van der Waals surface area contributed by atoms with Crippen LogP contribution in [0.15, 0.2) is 51.7 Å². The minimum Gasteiger partial charge on any atom is -0.356 e. The Morgan fingerprint density at radius 2 is 1.72 bits per heavy atom. The average Bonchev–Trinajstić information content (AvgIpc) is 3.15. The molecule has 9 heteroatoms. The molecule has 2 aromatic rings. The fourth-order valence-corrected chi connectivity index (χ4v) is 5.69. The van der Waals surface area contributed by atoms with Crippen LogP contribution in [0.3, 0.4) is 0 Å². The van der Waals surface area contributed by atoms with Crippen molar-refractivity contribution in [1.82, 2.24) is 14.5 Å². The summed E-state index contributed by atoms with van der Waals surface area (Å²) in [5.41, 5.74) is 1.16. The largest absolute Gasteiger partial charge is 0.356 e. The van der Waals surface area contributed by atoms with Gasteiger partial charge in [0, 0.05) is 38.6 Å². The number of guanidine groups is 1. The first-order chi connectivity index (χ1) is 13.4. The first-order valence-electron chi connectivity index (χ1n) is 9.46. The van der Waals surface area contributed by atoms with Gasteiger partial charge in [0.15, 0.2) is 5.96 Å². The van der Waals surface area contributed by atoms with Crippen LogP contribution in [0.25, 0.3) is 0 Å². The van der Waals surface area contributed by atoms with E-state index >= 15 is 0 Å². The number of hydrogen-bond acceptors (Lipinski definition) is 4. The molecule has 0 atom stereocenters. The zero-order valence-electron chi connectivity index (χ0n) is 17.5. The Morgan fingerprint density at radius 1 is 1.07 bits per heavy atom. The molecule has 1 N–H and O–H groups in total. The molecule has 2 rings (SSSR count). The molecule has 0 aliphatic carbocycles. The van der Waals surface area contributed by atoms with Crippen molar-refractivity contribution in [1.29, 1.82) is 0 Å². The molecule has 0 unspecified atom stereocenters. The first kappa shape index (κ1) is 25.9. The molecule has 0 aliphatic rings. The summed E-state index contributed by atoms with van der Waals surface area (Å²) in [6, 6.07) is 13.7. The van der Waals surface area contributed by atoms with E-state index in [-0.39, 0.29) is 24.0 Å². The third-order valence-electron chi connectivity index (χ3n) is 4.27. The fraction of sp³-hybridized carbons (Fsp3) is 0.450. The number of sulfonamides is 1. The molecule has 1 heterocycles. The molecular weight excluding hydrogens is 519 g/mol. The van der Waals surface area contributed by atoms with Gasteiger partial charge in [-0.25, -0.2) is 13.4 Å². The zero-order valence-corrected chi connectivity index (χ0v) is 21.4. The predicted octanol–water partition coefficient (Wildman–Crippen LogP) is 3.65. The molecule has 0 amide bonds. The monoisotopic (exact) mass is 550 g/mol. The average molecular weight is 551 g/mol. The van der Waals surface area contributed by atoms with E-state index in [1.807, 2.05) is 57.1 Å². The van der Waals surface area contributed by atoms with Crippen molar-refractivity contribution in [2.24, 2.45) is 4.99 Å². The second kappa shape index (κ2) is 12.5. The Hall–Kier alpha value is -1.17. The number of hydrogen-bond donors (Lipinski definition) is 1. The normalized spacial score (nSPS) is 12.0. The van der Waals surface area contributed by atoms with Crippen molar-refractivity contribution in [2.45, 2.75) is 31.0 Å². The van der Waals surface area contributed by atoms with E-state index in [4.69, 9.17) is 0 Å². The molecule has 162 valence electrons. The number of thiophene rings is 1. The van der Waals surface area contributed by atoms with Crippen LogP contribution in [0.2, 0.25) is 0 Å². The quantitative estimate of drug-likeness (QED) is 0.294. The number of benzene rings is 1. The predicted molar refractivity (Wildman–Crippen MR) is 133 cm³/mol. The number of aliphatic imine (C=N–C) groups is 1. The van der Waals surface area contributed by atoms with Gasteiger partial charge in [0.1, 0.15) is 4.21 Å². The standard InChI is InChI=1S/C20H30N4O2S2.HI/c1-5-24(6-2)28(25,26)19-13-12-18(27-19)14-15-21-20(23(3)4)22-16-17-10-8-7-9-11-17;/h7-13H,5-6,14-16H2,1-4H3,(H,21,22);1H. The van der Waals surface area contributed by atoms with Crippen LogP contribution in [0.1, 0.15) is 24.3 Å². The summed E-state index contributed by atoms with van der Waals surface area (Å²) in [5, 5.41) is 3.35. The highest BCUT2D eigenvalue weighted by atomic mass is 127. The lowest BCUT2D eigenvalue weighted by Crippen LogP contribution is -2.37. The van der Waals surface area contributed by atoms with Gasteiger partial charge in [-0.15, -0.1) is 35.3 Å². The third-order valence-corrected chi connectivity index (χ3v) is 7.93. The summed E-state index contributed by atoms with van der Waals surface area (Å²) in [5.74, 6) is 0.816. The highest BCUT2D eigenvalue weighted by molar-refractivity contribution is 14.0. The van der Waals surface area contributed by atoms with Crippen LogP contribution >= 0.6 is 35.3 Å². The molecule has 1 aromatic carbocycles. The van der Waals surface area contributed by atoms with Crippen LogP contribution in [0.4, 0.5) is 0 Å². The summed E-state index contributed by atoms with van der Waals surface area (Å²) in [4.78, 5) is 7.64. The minimum absolute atomic E-state index is 0. The van der Waals surface area contributed by atoms with Crippen molar-refractivity contribution >= 4 is 51.3 Å². The van der Waals surface area contributed by atoms with Crippen molar-refractivity contribution in [3.05, 3.63) is 52.9 Å². The Morgan fingerprint density at radius 3 is 2.31 bits per heavy atom. The minimum atomic E-state index is -3.37.